The van der Waals surface area contributed by atoms with Gasteiger partial charge in [-0.2, -0.15) is 0 Å². The SMILES string of the molecule is COc1cc2c(cc1OC)[C@@H]1C(=O)c3ccc4c(c3O[C@@H]1CO2)C[C@H]([C@](C)(O)C[125I])O4. The van der Waals surface area contributed by atoms with Gasteiger partial charge in [0.05, 0.1) is 25.7 Å². The summed E-state index contributed by atoms with van der Waals surface area (Å²) in [4.78, 5) is 13.6. The Bertz CT molecular complexity index is 1060. The van der Waals surface area contributed by atoms with Gasteiger partial charge in [0.2, 0.25) is 0 Å². The van der Waals surface area contributed by atoms with Gasteiger partial charge in [-0.3, -0.25) is 4.79 Å². The van der Waals surface area contributed by atoms with Crippen LogP contribution in [0.25, 0.3) is 0 Å². The van der Waals surface area contributed by atoms with Gasteiger partial charge in [0.25, 0.3) is 0 Å². The highest BCUT2D eigenvalue weighted by Gasteiger charge is 2.47. The van der Waals surface area contributed by atoms with Crippen LogP contribution in [0.4, 0.5) is 0 Å². The first-order valence-corrected chi connectivity index (χ1v) is 11.6. The van der Waals surface area contributed by atoms with Crippen LogP contribution in [0.5, 0.6) is 28.7 Å². The fourth-order valence-corrected chi connectivity index (χ4v) is 4.99. The second kappa shape index (κ2) is 7.44. The maximum atomic E-state index is 13.6. The standard InChI is InChI=1S/C23H23IO7/c1-23(26,10-24)19-7-13-14(30-19)5-4-11-21(25)20-12-6-16(27-2)17(28-3)8-15(12)29-9-18(20)31-22(11)13/h4-6,8,18-20,26H,7,9-10H2,1-3H3/t18-,19-,20+,23-/m1/s1/i24-2. The quantitative estimate of drug-likeness (QED) is 0.475. The Morgan fingerprint density at radius 3 is 2.61 bits per heavy atom. The lowest BCUT2D eigenvalue weighted by Crippen LogP contribution is -2.44. The molecule has 5 rings (SSSR count). The molecule has 3 aliphatic heterocycles. The summed E-state index contributed by atoms with van der Waals surface area (Å²) in [6, 6.07) is 7.10. The van der Waals surface area contributed by atoms with Gasteiger partial charge in [0, 0.05) is 28.0 Å². The van der Waals surface area contributed by atoms with Crippen molar-refractivity contribution in [2.24, 2.45) is 0 Å². The van der Waals surface area contributed by atoms with Crippen LogP contribution >= 0.6 is 22.6 Å². The number of hydrogen-bond acceptors (Lipinski definition) is 7. The van der Waals surface area contributed by atoms with Crippen LogP contribution in [0.1, 0.15) is 34.3 Å². The van der Waals surface area contributed by atoms with Crippen molar-refractivity contribution < 1.29 is 33.6 Å². The van der Waals surface area contributed by atoms with E-state index < -0.39 is 17.6 Å². The predicted octanol–water partition coefficient (Wildman–Crippen LogP) is 3.31. The van der Waals surface area contributed by atoms with Crippen LogP contribution in [-0.4, -0.2) is 54.0 Å². The number of hydrogen-bond donors (Lipinski definition) is 1. The third-order valence-corrected chi connectivity index (χ3v) is 7.83. The number of methoxy groups -OCH3 is 2. The molecule has 164 valence electrons. The smallest absolute Gasteiger partial charge is 0.178 e. The molecule has 4 atom stereocenters. The average molecular weight is 536 g/mol. The van der Waals surface area contributed by atoms with E-state index in [9.17, 15) is 9.90 Å². The molecule has 2 aromatic rings. The summed E-state index contributed by atoms with van der Waals surface area (Å²) in [7, 11) is 3.12. The van der Waals surface area contributed by atoms with Crippen LogP contribution in [0.15, 0.2) is 24.3 Å². The Kier molecular flexibility index (Phi) is 4.97. The highest BCUT2D eigenvalue weighted by atomic mass is 125. The molecule has 0 fully saturated rings. The Morgan fingerprint density at radius 1 is 1.16 bits per heavy atom. The fraction of sp³-hybridized carbons (Fsp3) is 0.435. The van der Waals surface area contributed by atoms with Crippen molar-refractivity contribution in [2.75, 3.05) is 25.3 Å². The first kappa shape index (κ1) is 20.7. The maximum Gasteiger partial charge on any atom is 0.178 e. The van der Waals surface area contributed by atoms with Gasteiger partial charge in [-0.25, -0.2) is 0 Å². The Balaban J connectivity index is 1.55. The van der Waals surface area contributed by atoms with E-state index in [0.717, 1.165) is 11.1 Å². The summed E-state index contributed by atoms with van der Waals surface area (Å²) >= 11 is 2.15. The molecular formula is C23H23IO7. The first-order valence-electron chi connectivity index (χ1n) is 10.1. The minimum Gasteiger partial charge on any atom is -0.493 e. The third-order valence-electron chi connectivity index (χ3n) is 6.28. The molecule has 0 aromatic heterocycles. The number of fused-ring (bicyclic) bond motifs is 6. The number of ether oxygens (including phenoxy) is 5. The largest absolute Gasteiger partial charge is 0.493 e. The molecule has 0 bridgehead atoms. The van der Waals surface area contributed by atoms with Gasteiger partial charge in [0.15, 0.2) is 17.3 Å². The molecule has 3 heterocycles. The van der Waals surface area contributed by atoms with E-state index in [4.69, 9.17) is 23.7 Å². The number of rotatable bonds is 4. The normalized spacial score (nSPS) is 24.9. The van der Waals surface area contributed by atoms with E-state index in [1.165, 1.54) is 0 Å². The van der Waals surface area contributed by atoms with E-state index in [1.54, 1.807) is 45.4 Å². The molecular weight excluding hydrogens is 513 g/mol. The van der Waals surface area contributed by atoms with Crippen LogP contribution in [0, 0.1) is 0 Å². The lowest BCUT2D eigenvalue weighted by molar-refractivity contribution is -0.0167. The van der Waals surface area contributed by atoms with E-state index >= 15 is 0 Å². The molecule has 1 N–H and O–H groups in total. The molecule has 31 heavy (non-hydrogen) atoms. The minimum atomic E-state index is -0.976. The van der Waals surface area contributed by atoms with Gasteiger partial charge >= 0.3 is 0 Å². The van der Waals surface area contributed by atoms with E-state index in [0.29, 0.717) is 45.2 Å². The Hall–Kier alpha value is -2.20. The van der Waals surface area contributed by atoms with Crippen LogP contribution in [0.2, 0.25) is 0 Å². The van der Waals surface area contributed by atoms with Crippen LogP contribution < -0.4 is 23.7 Å². The topological polar surface area (TPSA) is 83.5 Å². The van der Waals surface area contributed by atoms with Gasteiger partial charge in [-0.1, -0.05) is 22.6 Å². The maximum absolute atomic E-state index is 13.6. The third kappa shape index (κ3) is 3.14. The highest BCUT2D eigenvalue weighted by Crippen LogP contribution is 2.50. The minimum absolute atomic E-state index is 0.0186. The lowest BCUT2D eigenvalue weighted by Gasteiger charge is -2.37. The number of Topliss-reactive ketones (excluding diaryl/α,β-unsaturated/α-hetero) is 1. The zero-order chi connectivity index (χ0) is 21.9. The molecule has 8 heteroatoms. The molecule has 0 spiro atoms. The second-order valence-electron chi connectivity index (χ2n) is 8.27. The molecule has 0 saturated carbocycles. The molecule has 0 radical (unpaired) electrons. The Morgan fingerprint density at radius 2 is 1.90 bits per heavy atom. The Labute approximate surface area is 193 Å². The number of carbonyl (C=O) groups is 1. The van der Waals surface area contributed by atoms with Crippen molar-refractivity contribution in [1.82, 2.24) is 0 Å². The van der Waals surface area contributed by atoms with Crippen molar-refractivity contribution in [3.8, 4) is 28.7 Å². The van der Waals surface area contributed by atoms with Crippen LogP contribution in [0.3, 0.4) is 0 Å². The zero-order valence-electron chi connectivity index (χ0n) is 17.4. The summed E-state index contributed by atoms with van der Waals surface area (Å²) in [6.45, 7) is 2.01. The number of aliphatic hydroxyl groups is 1. The summed E-state index contributed by atoms with van der Waals surface area (Å²) in [5.41, 5.74) is 1.11. The summed E-state index contributed by atoms with van der Waals surface area (Å²) in [5.74, 6) is 2.37. The number of benzene rings is 2. The van der Waals surface area contributed by atoms with Gasteiger partial charge in [0.1, 0.15) is 41.7 Å². The van der Waals surface area contributed by atoms with Gasteiger partial charge in [-0.05, 0) is 25.1 Å². The summed E-state index contributed by atoms with van der Waals surface area (Å²) < 4.78 is 29.6. The fourth-order valence-electron chi connectivity index (χ4n) is 4.50. The van der Waals surface area contributed by atoms with Crippen LogP contribution in [-0.2, 0) is 6.42 Å². The van der Waals surface area contributed by atoms with Crippen molar-refractivity contribution in [1.29, 1.82) is 0 Å². The van der Waals surface area contributed by atoms with E-state index in [1.807, 2.05) is 0 Å². The number of carbonyl (C=O) groups excluding carboxylic acids is 1. The first-order chi connectivity index (χ1) is 14.9. The van der Waals surface area contributed by atoms with Crippen molar-refractivity contribution in [3.63, 3.8) is 0 Å². The number of alkyl halides is 1. The molecule has 7 nitrogen and oxygen atoms in total. The molecule has 0 saturated heterocycles. The second-order valence-corrected chi connectivity index (χ2v) is 9.04. The molecule has 0 aliphatic carbocycles. The predicted molar refractivity (Wildman–Crippen MR) is 121 cm³/mol. The van der Waals surface area contributed by atoms with E-state index in [2.05, 4.69) is 22.6 Å². The molecule has 0 unspecified atom stereocenters. The monoisotopic (exact) mass is 536 g/mol. The van der Waals surface area contributed by atoms with E-state index in [-0.39, 0.29) is 18.5 Å². The average Bonchev–Trinajstić information content (AvgIpc) is 3.23. The molecule has 3 aliphatic rings. The van der Waals surface area contributed by atoms with Gasteiger partial charge < -0.3 is 28.8 Å². The summed E-state index contributed by atoms with van der Waals surface area (Å²) in [5, 5.41) is 10.7. The lowest BCUT2D eigenvalue weighted by atomic mass is 9.81. The van der Waals surface area contributed by atoms with Crippen molar-refractivity contribution >= 4 is 28.4 Å². The number of halogens is 1. The zero-order valence-corrected chi connectivity index (χ0v) is 19.6. The van der Waals surface area contributed by atoms with Gasteiger partial charge in [-0.15, -0.1) is 0 Å². The molecule has 0 amide bonds. The van der Waals surface area contributed by atoms with Crippen molar-refractivity contribution in [2.45, 2.75) is 37.1 Å². The van der Waals surface area contributed by atoms with Crippen molar-refractivity contribution in [3.05, 3.63) is 41.0 Å². The highest BCUT2D eigenvalue weighted by molar-refractivity contribution is 14.1. The molecule has 2 aromatic carbocycles. The summed E-state index contributed by atoms with van der Waals surface area (Å²) in [6.07, 6.45) is -0.356. The number of ketones is 1.